The molecule has 1 aromatic rings. The molecule has 1 saturated carbocycles. The summed E-state index contributed by atoms with van der Waals surface area (Å²) in [6.45, 7) is 5.06. The normalized spacial score (nSPS) is 19.5. The number of rotatable bonds is 4. The highest BCUT2D eigenvalue weighted by atomic mass is 16.2. The zero-order chi connectivity index (χ0) is 16.9. The summed E-state index contributed by atoms with van der Waals surface area (Å²) in [4.78, 5) is 33.0. The van der Waals surface area contributed by atoms with E-state index in [-0.39, 0.29) is 11.8 Å². The molecule has 3 rings (SSSR count). The SMILES string of the molecule is Cc1nccn1CC(=O)N1CCCN(C(=O)CC2CCCC2)CC1. The molecule has 24 heavy (non-hydrogen) atoms. The average Bonchev–Trinajstić information content (AvgIpc) is 3.13. The third-order valence-electron chi connectivity index (χ3n) is 5.37. The highest BCUT2D eigenvalue weighted by Gasteiger charge is 2.25. The Hall–Kier alpha value is -1.85. The number of hydrogen-bond donors (Lipinski definition) is 0. The van der Waals surface area contributed by atoms with Gasteiger partial charge in [0.25, 0.3) is 0 Å². The minimum absolute atomic E-state index is 0.112. The van der Waals surface area contributed by atoms with E-state index in [1.165, 1.54) is 25.7 Å². The summed E-state index contributed by atoms with van der Waals surface area (Å²) >= 11 is 0. The van der Waals surface area contributed by atoms with E-state index in [4.69, 9.17) is 0 Å². The second-order valence-corrected chi connectivity index (χ2v) is 7.07. The zero-order valence-corrected chi connectivity index (χ0v) is 14.6. The first-order valence-corrected chi connectivity index (χ1v) is 9.17. The van der Waals surface area contributed by atoms with Gasteiger partial charge in [-0.25, -0.2) is 4.98 Å². The molecule has 2 amide bonds. The van der Waals surface area contributed by atoms with Gasteiger partial charge in [0.2, 0.25) is 11.8 Å². The lowest BCUT2D eigenvalue weighted by Gasteiger charge is -2.23. The van der Waals surface area contributed by atoms with Crippen molar-refractivity contribution in [2.24, 2.45) is 5.92 Å². The maximum atomic E-state index is 12.5. The number of aryl methyl sites for hydroxylation is 1. The van der Waals surface area contributed by atoms with Gasteiger partial charge in [-0.3, -0.25) is 9.59 Å². The minimum Gasteiger partial charge on any atom is -0.341 e. The summed E-state index contributed by atoms with van der Waals surface area (Å²) in [5.74, 6) is 1.83. The fraction of sp³-hybridized carbons (Fsp3) is 0.722. The summed E-state index contributed by atoms with van der Waals surface area (Å²) in [6.07, 6.45) is 10.1. The second-order valence-electron chi connectivity index (χ2n) is 7.07. The topological polar surface area (TPSA) is 58.4 Å². The van der Waals surface area contributed by atoms with E-state index in [1.54, 1.807) is 6.20 Å². The molecular weight excluding hydrogens is 304 g/mol. The van der Waals surface area contributed by atoms with Gasteiger partial charge in [-0.05, 0) is 32.1 Å². The van der Waals surface area contributed by atoms with E-state index < -0.39 is 0 Å². The van der Waals surface area contributed by atoms with Crippen molar-refractivity contribution < 1.29 is 9.59 Å². The van der Waals surface area contributed by atoms with E-state index in [0.717, 1.165) is 25.3 Å². The molecule has 132 valence electrons. The number of imidazole rings is 1. The van der Waals surface area contributed by atoms with Gasteiger partial charge < -0.3 is 14.4 Å². The molecular formula is C18H28N4O2. The largest absolute Gasteiger partial charge is 0.341 e. The Kier molecular flexibility index (Phi) is 5.53. The van der Waals surface area contributed by atoms with Crippen LogP contribution in [0, 0.1) is 12.8 Å². The average molecular weight is 332 g/mol. The number of amides is 2. The van der Waals surface area contributed by atoms with Crippen LogP contribution in [0.3, 0.4) is 0 Å². The molecule has 0 bridgehead atoms. The van der Waals surface area contributed by atoms with Crippen LogP contribution in [-0.2, 0) is 16.1 Å². The van der Waals surface area contributed by atoms with Crippen LogP contribution in [0.1, 0.15) is 44.3 Å². The first-order chi connectivity index (χ1) is 11.6. The molecule has 0 N–H and O–H groups in total. The zero-order valence-electron chi connectivity index (χ0n) is 14.6. The van der Waals surface area contributed by atoms with Gasteiger partial charge >= 0.3 is 0 Å². The van der Waals surface area contributed by atoms with Crippen molar-refractivity contribution in [3.63, 3.8) is 0 Å². The van der Waals surface area contributed by atoms with Crippen molar-refractivity contribution >= 4 is 11.8 Å². The molecule has 2 fully saturated rings. The van der Waals surface area contributed by atoms with E-state index in [9.17, 15) is 9.59 Å². The molecule has 0 aromatic carbocycles. The summed E-state index contributed by atoms with van der Waals surface area (Å²) in [5.41, 5.74) is 0. The van der Waals surface area contributed by atoms with Crippen LogP contribution >= 0.6 is 0 Å². The van der Waals surface area contributed by atoms with Crippen molar-refractivity contribution in [1.29, 1.82) is 0 Å². The molecule has 1 aliphatic heterocycles. The first-order valence-electron chi connectivity index (χ1n) is 9.17. The van der Waals surface area contributed by atoms with Crippen LogP contribution in [0.25, 0.3) is 0 Å². The summed E-state index contributed by atoms with van der Waals surface area (Å²) in [6, 6.07) is 0. The van der Waals surface area contributed by atoms with Crippen LogP contribution < -0.4 is 0 Å². The van der Waals surface area contributed by atoms with Gasteiger partial charge in [-0.15, -0.1) is 0 Å². The van der Waals surface area contributed by atoms with Gasteiger partial charge in [-0.2, -0.15) is 0 Å². The minimum atomic E-state index is 0.112. The lowest BCUT2D eigenvalue weighted by molar-refractivity contribution is -0.134. The third-order valence-corrected chi connectivity index (χ3v) is 5.37. The molecule has 6 heteroatoms. The Morgan fingerprint density at radius 2 is 1.71 bits per heavy atom. The smallest absolute Gasteiger partial charge is 0.242 e. The monoisotopic (exact) mass is 332 g/mol. The molecule has 1 aromatic heterocycles. The molecule has 0 unspecified atom stereocenters. The predicted molar refractivity (Wildman–Crippen MR) is 91.3 cm³/mol. The lowest BCUT2D eigenvalue weighted by Crippen LogP contribution is -2.39. The Morgan fingerprint density at radius 3 is 2.33 bits per heavy atom. The number of aromatic nitrogens is 2. The molecule has 2 heterocycles. The standard InChI is InChI=1S/C18H28N4O2/c1-15-19-7-10-22(15)14-18(24)21-9-4-8-20(11-12-21)17(23)13-16-5-2-3-6-16/h7,10,16H,2-6,8-9,11-14H2,1H3. The van der Waals surface area contributed by atoms with Crippen molar-refractivity contribution in [3.8, 4) is 0 Å². The van der Waals surface area contributed by atoms with Crippen molar-refractivity contribution in [1.82, 2.24) is 19.4 Å². The fourth-order valence-corrected chi connectivity index (χ4v) is 3.82. The van der Waals surface area contributed by atoms with E-state index in [2.05, 4.69) is 4.98 Å². The van der Waals surface area contributed by atoms with Gasteiger partial charge in [0.05, 0.1) is 0 Å². The lowest BCUT2D eigenvalue weighted by atomic mass is 10.0. The van der Waals surface area contributed by atoms with Crippen molar-refractivity contribution in [2.75, 3.05) is 26.2 Å². The van der Waals surface area contributed by atoms with Crippen LogP contribution in [0.2, 0.25) is 0 Å². The predicted octanol–water partition coefficient (Wildman–Crippen LogP) is 1.83. The Morgan fingerprint density at radius 1 is 1.04 bits per heavy atom. The van der Waals surface area contributed by atoms with Gasteiger partial charge in [0.1, 0.15) is 12.4 Å². The van der Waals surface area contributed by atoms with Crippen molar-refractivity contribution in [3.05, 3.63) is 18.2 Å². The summed E-state index contributed by atoms with van der Waals surface area (Å²) in [5, 5.41) is 0. The summed E-state index contributed by atoms with van der Waals surface area (Å²) < 4.78 is 1.87. The second kappa shape index (κ2) is 7.81. The Balaban J connectivity index is 1.49. The molecule has 6 nitrogen and oxygen atoms in total. The Bertz CT molecular complexity index is 577. The molecule has 0 atom stereocenters. The van der Waals surface area contributed by atoms with Crippen LogP contribution in [-0.4, -0.2) is 57.3 Å². The van der Waals surface area contributed by atoms with Gasteiger partial charge in [-0.1, -0.05) is 12.8 Å². The van der Waals surface area contributed by atoms with Gasteiger partial charge in [0, 0.05) is 45.0 Å². The van der Waals surface area contributed by atoms with E-state index >= 15 is 0 Å². The van der Waals surface area contributed by atoms with Crippen LogP contribution in [0.4, 0.5) is 0 Å². The Labute approximate surface area is 143 Å². The third kappa shape index (κ3) is 4.16. The summed E-state index contributed by atoms with van der Waals surface area (Å²) in [7, 11) is 0. The molecule has 2 aliphatic rings. The maximum absolute atomic E-state index is 12.5. The first kappa shape index (κ1) is 17.0. The molecule has 0 radical (unpaired) electrons. The van der Waals surface area contributed by atoms with E-state index in [1.807, 2.05) is 27.5 Å². The van der Waals surface area contributed by atoms with Crippen LogP contribution in [0.15, 0.2) is 12.4 Å². The number of nitrogens with zero attached hydrogens (tertiary/aromatic N) is 4. The quantitative estimate of drug-likeness (QED) is 0.845. The maximum Gasteiger partial charge on any atom is 0.242 e. The van der Waals surface area contributed by atoms with E-state index in [0.29, 0.717) is 32.0 Å². The number of hydrogen-bond acceptors (Lipinski definition) is 3. The van der Waals surface area contributed by atoms with Crippen LogP contribution in [0.5, 0.6) is 0 Å². The number of carbonyl (C=O) groups excluding carboxylic acids is 2. The van der Waals surface area contributed by atoms with Gasteiger partial charge in [0.15, 0.2) is 0 Å². The molecule has 1 aliphatic carbocycles. The molecule has 1 saturated heterocycles. The fourth-order valence-electron chi connectivity index (χ4n) is 3.82. The highest BCUT2D eigenvalue weighted by Crippen LogP contribution is 2.28. The highest BCUT2D eigenvalue weighted by molar-refractivity contribution is 5.78. The molecule has 0 spiro atoms. The van der Waals surface area contributed by atoms with Crippen molar-refractivity contribution in [2.45, 2.75) is 52.0 Å². The number of carbonyl (C=O) groups is 2.